The van der Waals surface area contributed by atoms with Crippen LogP contribution in [0.15, 0.2) is 16.3 Å². The van der Waals surface area contributed by atoms with Crippen LogP contribution in [0.1, 0.15) is 0 Å². The molecule has 2 nitrogen and oxygen atoms in total. The SMILES string of the molecule is N[S@+]([O-])c1csc(Cl)c1. The molecule has 0 bridgehead atoms. The fourth-order valence-corrected chi connectivity index (χ4v) is 2.04. The minimum atomic E-state index is -1.38. The van der Waals surface area contributed by atoms with Gasteiger partial charge in [-0.3, -0.25) is 0 Å². The van der Waals surface area contributed by atoms with E-state index in [1.54, 1.807) is 11.4 Å². The van der Waals surface area contributed by atoms with E-state index in [1.807, 2.05) is 0 Å². The van der Waals surface area contributed by atoms with E-state index in [4.69, 9.17) is 16.7 Å². The second-order valence-electron chi connectivity index (χ2n) is 1.38. The molecule has 0 saturated carbocycles. The summed E-state index contributed by atoms with van der Waals surface area (Å²) in [5.74, 6) is 0. The van der Waals surface area contributed by atoms with Crippen molar-refractivity contribution in [3.63, 3.8) is 0 Å². The summed E-state index contributed by atoms with van der Waals surface area (Å²) in [4.78, 5) is 0.588. The zero-order valence-electron chi connectivity index (χ0n) is 4.33. The Hall–Kier alpha value is 0.260. The van der Waals surface area contributed by atoms with Crippen LogP contribution >= 0.6 is 22.9 Å². The monoisotopic (exact) mass is 181 g/mol. The van der Waals surface area contributed by atoms with Gasteiger partial charge in [0.15, 0.2) is 4.90 Å². The quantitative estimate of drug-likeness (QED) is 0.666. The number of hydrogen-bond donors (Lipinski definition) is 1. The first kappa shape index (κ1) is 7.37. The van der Waals surface area contributed by atoms with E-state index in [2.05, 4.69) is 0 Å². The Labute approximate surface area is 64.9 Å². The van der Waals surface area contributed by atoms with E-state index in [9.17, 15) is 4.55 Å². The minimum Gasteiger partial charge on any atom is -0.593 e. The Kier molecular flexibility index (Phi) is 2.37. The van der Waals surface area contributed by atoms with Gasteiger partial charge in [0.2, 0.25) is 0 Å². The molecular formula is C4H4ClNOS2. The van der Waals surface area contributed by atoms with E-state index in [0.717, 1.165) is 0 Å². The zero-order valence-corrected chi connectivity index (χ0v) is 6.72. The van der Waals surface area contributed by atoms with Crippen molar-refractivity contribution in [3.8, 4) is 0 Å². The third kappa shape index (κ3) is 1.84. The summed E-state index contributed by atoms with van der Waals surface area (Å²) in [5.41, 5.74) is 0. The van der Waals surface area contributed by atoms with Gasteiger partial charge in [-0.05, 0) is 0 Å². The minimum absolute atomic E-state index is 0.588. The highest BCUT2D eigenvalue weighted by Gasteiger charge is 2.06. The van der Waals surface area contributed by atoms with Crippen LogP contribution in [-0.2, 0) is 11.4 Å². The Morgan fingerprint density at radius 2 is 2.44 bits per heavy atom. The lowest BCUT2D eigenvalue weighted by Crippen LogP contribution is -2.10. The average molecular weight is 182 g/mol. The first-order chi connectivity index (χ1) is 4.20. The zero-order chi connectivity index (χ0) is 6.85. The van der Waals surface area contributed by atoms with Crippen molar-refractivity contribution >= 4 is 34.3 Å². The second kappa shape index (κ2) is 2.90. The first-order valence-electron chi connectivity index (χ1n) is 2.10. The van der Waals surface area contributed by atoms with Gasteiger partial charge in [-0.15, -0.1) is 16.5 Å². The van der Waals surface area contributed by atoms with Gasteiger partial charge in [0.1, 0.15) is 0 Å². The van der Waals surface area contributed by atoms with Gasteiger partial charge in [-0.1, -0.05) is 11.6 Å². The topological polar surface area (TPSA) is 49.1 Å². The molecule has 0 saturated heterocycles. The molecule has 0 radical (unpaired) electrons. The van der Waals surface area contributed by atoms with Crippen molar-refractivity contribution in [2.24, 2.45) is 5.14 Å². The molecule has 50 valence electrons. The molecule has 5 heteroatoms. The predicted octanol–water partition coefficient (Wildman–Crippen LogP) is 1.38. The fraction of sp³-hybridized carbons (Fsp3) is 0. The summed E-state index contributed by atoms with van der Waals surface area (Å²) < 4.78 is 11.1. The maximum absolute atomic E-state index is 10.5. The van der Waals surface area contributed by atoms with Crippen LogP contribution in [0.2, 0.25) is 4.34 Å². The van der Waals surface area contributed by atoms with Gasteiger partial charge in [0, 0.05) is 11.4 Å². The third-order valence-electron chi connectivity index (χ3n) is 0.776. The maximum atomic E-state index is 10.5. The maximum Gasteiger partial charge on any atom is 0.185 e. The molecule has 9 heavy (non-hydrogen) atoms. The molecule has 0 amide bonds. The van der Waals surface area contributed by atoms with Crippen LogP contribution in [0.25, 0.3) is 0 Å². The van der Waals surface area contributed by atoms with Gasteiger partial charge < -0.3 is 4.55 Å². The Morgan fingerprint density at radius 1 is 1.78 bits per heavy atom. The van der Waals surface area contributed by atoms with Crippen LogP contribution in [0.3, 0.4) is 0 Å². The lowest BCUT2D eigenvalue weighted by molar-refractivity contribution is 0.597. The summed E-state index contributed by atoms with van der Waals surface area (Å²) in [7, 11) is 0. The van der Waals surface area contributed by atoms with Crippen molar-refractivity contribution in [1.82, 2.24) is 0 Å². The van der Waals surface area contributed by atoms with Gasteiger partial charge in [0.25, 0.3) is 0 Å². The first-order valence-corrected chi connectivity index (χ1v) is 4.57. The Morgan fingerprint density at radius 3 is 2.67 bits per heavy atom. The molecule has 1 atom stereocenters. The Balaban J connectivity index is 2.85. The molecule has 0 aliphatic heterocycles. The fourth-order valence-electron chi connectivity index (χ4n) is 0.400. The largest absolute Gasteiger partial charge is 0.593 e. The molecule has 1 rings (SSSR count). The summed E-state index contributed by atoms with van der Waals surface area (Å²) in [6.07, 6.45) is 0. The van der Waals surface area contributed by atoms with Gasteiger partial charge in [-0.25, -0.2) is 0 Å². The predicted molar refractivity (Wildman–Crippen MR) is 39.9 cm³/mol. The molecule has 0 aromatic carbocycles. The molecule has 1 aromatic rings. The summed E-state index contributed by atoms with van der Waals surface area (Å²) in [6.45, 7) is 0. The average Bonchev–Trinajstić information content (AvgIpc) is 2.14. The molecular weight excluding hydrogens is 178 g/mol. The number of halogens is 1. The molecule has 2 N–H and O–H groups in total. The molecule has 0 fully saturated rings. The lowest BCUT2D eigenvalue weighted by atomic mass is 10.7. The van der Waals surface area contributed by atoms with Crippen LogP contribution in [0.4, 0.5) is 0 Å². The molecule has 0 aliphatic carbocycles. The standard InChI is InChI=1S/C4H4ClNOS2/c5-4-1-3(2-8-4)9(6)7/h1-2H,6H2/t9-/m1/s1. The lowest BCUT2D eigenvalue weighted by Gasteiger charge is -1.95. The summed E-state index contributed by atoms with van der Waals surface area (Å²) in [5, 5.41) is 6.73. The third-order valence-corrected chi connectivity index (χ3v) is 2.72. The van der Waals surface area contributed by atoms with Crippen LogP contribution in [0.5, 0.6) is 0 Å². The van der Waals surface area contributed by atoms with Crippen molar-refractivity contribution in [2.75, 3.05) is 0 Å². The Bertz CT molecular complexity index is 200. The van der Waals surface area contributed by atoms with E-state index >= 15 is 0 Å². The van der Waals surface area contributed by atoms with Gasteiger partial charge >= 0.3 is 0 Å². The molecule has 1 aromatic heterocycles. The number of hydrogen-bond acceptors (Lipinski definition) is 3. The summed E-state index contributed by atoms with van der Waals surface area (Å²) in [6, 6.07) is 1.60. The van der Waals surface area contributed by atoms with Crippen molar-refractivity contribution in [1.29, 1.82) is 0 Å². The molecule has 0 aliphatic rings. The highest BCUT2D eigenvalue weighted by Crippen LogP contribution is 2.22. The van der Waals surface area contributed by atoms with Gasteiger partial charge in [0.05, 0.1) is 15.7 Å². The van der Waals surface area contributed by atoms with Crippen LogP contribution in [0, 0.1) is 0 Å². The van der Waals surface area contributed by atoms with Crippen molar-refractivity contribution < 1.29 is 4.55 Å². The van der Waals surface area contributed by atoms with E-state index < -0.39 is 11.4 Å². The number of rotatable bonds is 1. The van der Waals surface area contributed by atoms with E-state index in [0.29, 0.717) is 9.23 Å². The van der Waals surface area contributed by atoms with Crippen molar-refractivity contribution in [3.05, 3.63) is 15.8 Å². The van der Waals surface area contributed by atoms with E-state index in [1.165, 1.54) is 11.3 Å². The van der Waals surface area contributed by atoms with Gasteiger partial charge in [-0.2, -0.15) is 0 Å². The van der Waals surface area contributed by atoms with Crippen molar-refractivity contribution in [2.45, 2.75) is 4.90 Å². The molecule has 0 unspecified atom stereocenters. The second-order valence-corrected chi connectivity index (χ2v) is 3.99. The smallest absolute Gasteiger partial charge is 0.185 e. The summed E-state index contributed by atoms with van der Waals surface area (Å²) >= 11 is 5.48. The van der Waals surface area contributed by atoms with Crippen LogP contribution in [-0.4, -0.2) is 4.55 Å². The van der Waals surface area contributed by atoms with Crippen LogP contribution < -0.4 is 5.14 Å². The molecule has 0 spiro atoms. The normalized spacial score (nSPS) is 13.7. The number of nitrogens with two attached hydrogens (primary N) is 1. The highest BCUT2D eigenvalue weighted by atomic mass is 35.5. The highest BCUT2D eigenvalue weighted by molar-refractivity contribution is 7.89. The number of thiophene rings is 1. The molecule has 1 heterocycles. The van der Waals surface area contributed by atoms with E-state index in [-0.39, 0.29) is 0 Å².